The number of nitrogens with one attached hydrogen (secondary N) is 1. The van der Waals surface area contributed by atoms with Crippen molar-refractivity contribution in [1.29, 1.82) is 0 Å². The van der Waals surface area contributed by atoms with Crippen LogP contribution in [-0.4, -0.2) is 30.9 Å². The highest BCUT2D eigenvalue weighted by Crippen LogP contribution is 2.24. The summed E-state index contributed by atoms with van der Waals surface area (Å²) in [4.78, 5) is 14.2. The molecule has 4 heteroatoms. The molecule has 19 heavy (non-hydrogen) atoms. The Morgan fingerprint density at radius 1 is 1.26 bits per heavy atom. The maximum atomic E-state index is 12.2. The molecule has 0 aliphatic rings. The predicted molar refractivity (Wildman–Crippen MR) is 82.7 cm³/mol. The zero-order chi connectivity index (χ0) is 13.4. The van der Waals surface area contributed by atoms with Gasteiger partial charge < -0.3 is 10.2 Å². The monoisotopic (exact) mass is 284 g/mol. The van der Waals surface area contributed by atoms with Gasteiger partial charge in [0.15, 0.2) is 0 Å². The second-order valence-electron chi connectivity index (χ2n) is 4.37. The van der Waals surface area contributed by atoms with Crippen LogP contribution in [0.4, 0.5) is 0 Å². The molecule has 1 rings (SSSR count). The Morgan fingerprint density at radius 3 is 2.37 bits per heavy atom. The van der Waals surface area contributed by atoms with Crippen LogP contribution in [0.25, 0.3) is 0 Å². The normalized spacial score (nSPS) is 11.5. The SMILES string of the molecule is CCC(c1ccccc1)N(CC)C(=O)CCNC.Cl. The van der Waals surface area contributed by atoms with Gasteiger partial charge in [0.1, 0.15) is 0 Å². The molecule has 108 valence electrons. The molecule has 0 saturated heterocycles. The Bertz CT molecular complexity index is 356. The molecule has 0 bridgehead atoms. The highest BCUT2D eigenvalue weighted by Gasteiger charge is 2.21. The first-order valence-electron chi connectivity index (χ1n) is 6.73. The molecule has 0 spiro atoms. The Hall–Kier alpha value is -1.06. The van der Waals surface area contributed by atoms with Gasteiger partial charge in [-0.05, 0) is 26.0 Å². The third-order valence-corrected chi connectivity index (χ3v) is 3.20. The lowest BCUT2D eigenvalue weighted by atomic mass is 10.0. The van der Waals surface area contributed by atoms with Gasteiger partial charge in [-0.15, -0.1) is 12.4 Å². The van der Waals surface area contributed by atoms with E-state index in [1.165, 1.54) is 5.56 Å². The van der Waals surface area contributed by atoms with Crippen LogP contribution in [0, 0.1) is 0 Å². The van der Waals surface area contributed by atoms with E-state index >= 15 is 0 Å². The molecule has 1 aromatic carbocycles. The molecule has 1 atom stereocenters. The average molecular weight is 285 g/mol. The van der Waals surface area contributed by atoms with E-state index in [0.29, 0.717) is 6.42 Å². The molecule has 0 fully saturated rings. The largest absolute Gasteiger partial charge is 0.336 e. The van der Waals surface area contributed by atoms with Gasteiger partial charge in [-0.2, -0.15) is 0 Å². The first kappa shape index (κ1) is 17.9. The van der Waals surface area contributed by atoms with Crippen molar-refractivity contribution in [3.05, 3.63) is 35.9 Å². The zero-order valence-corrected chi connectivity index (χ0v) is 12.9. The maximum absolute atomic E-state index is 12.2. The van der Waals surface area contributed by atoms with E-state index in [1.54, 1.807) is 0 Å². The van der Waals surface area contributed by atoms with Crippen molar-refractivity contribution in [2.75, 3.05) is 20.1 Å². The number of carbonyl (C=O) groups excluding carboxylic acids is 1. The molecule has 0 heterocycles. The highest BCUT2D eigenvalue weighted by molar-refractivity contribution is 5.85. The van der Waals surface area contributed by atoms with E-state index in [2.05, 4.69) is 24.4 Å². The molecule has 0 aromatic heterocycles. The number of benzene rings is 1. The van der Waals surface area contributed by atoms with Crippen molar-refractivity contribution in [3.63, 3.8) is 0 Å². The molecule has 1 amide bonds. The number of carbonyl (C=O) groups is 1. The minimum atomic E-state index is 0. The van der Waals surface area contributed by atoms with Gasteiger partial charge in [-0.3, -0.25) is 4.79 Å². The predicted octanol–water partition coefficient (Wildman–Crippen LogP) is 3.02. The smallest absolute Gasteiger partial charge is 0.224 e. The van der Waals surface area contributed by atoms with Crippen molar-refractivity contribution >= 4 is 18.3 Å². The molecule has 1 aromatic rings. The van der Waals surface area contributed by atoms with E-state index in [4.69, 9.17) is 0 Å². The number of hydrogen-bond donors (Lipinski definition) is 1. The third-order valence-electron chi connectivity index (χ3n) is 3.20. The lowest BCUT2D eigenvalue weighted by Gasteiger charge is -2.30. The molecule has 0 aliphatic carbocycles. The third kappa shape index (κ3) is 5.21. The Balaban J connectivity index is 0.00000324. The average Bonchev–Trinajstić information content (AvgIpc) is 2.42. The van der Waals surface area contributed by atoms with Gasteiger partial charge >= 0.3 is 0 Å². The van der Waals surface area contributed by atoms with Gasteiger partial charge in [0, 0.05) is 19.5 Å². The minimum absolute atomic E-state index is 0. The number of halogens is 1. The molecule has 0 saturated carbocycles. The van der Waals surface area contributed by atoms with Crippen LogP contribution < -0.4 is 5.32 Å². The van der Waals surface area contributed by atoms with Gasteiger partial charge in [0.2, 0.25) is 5.91 Å². The lowest BCUT2D eigenvalue weighted by molar-refractivity contribution is -0.133. The Kier molecular flexibility index (Phi) is 9.27. The van der Waals surface area contributed by atoms with Crippen LogP contribution in [0.1, 0.15) is 38.3 Å². The summed E-state index contributed by atoms with van der Waals surface area (Å²) in [6.07, 6.45) is 1.51. The van der Waals surface area contributed by atoms with Gasteiger partial charge in [0.25, 0.3) is 0 Å². The van der Waals surface area contributed by atoms with E-state index in [9.17, 15) is 4.79 Å². The molecular formula is C15H25ClN2O. The van der Waals surface area contributed by atoms with Crippen LogP contribution in [0.3, 0.4) is 0 Å². The van der Waals surface area contributed by atoms with Crippen LogP contribution in [-0.2, 0) is 4.79 Å². The van der Waals surface area contributed by atoms with E-state index in [1.807, 2.05) is 37.1 Å². The Labute approximate surface area is 122 Å². The molecule has 0 radical (unpaired) electrons. The fraction of sp³-hybridized carbons (Fsp3) is 0.533. The van der Waals surface area contributed by atoms with Crippen LogP contribution in [0.15, 0.2) is 30.3 Å². The Morgan fingerprint density at radius 2 is 1.89 bits per heavy atom. The van der Waals surface area contributed by atoms with Crippen LogP contribution in [0.2, 0.25) is 0 Å². The first-order valence-corrected chi connectivity index (χ1v) is 6.73. The summed E-state index contributed by atoms with van der Waals surface area (Å²) in [5, 5.41) is 3.03. The van der Waals surface area contributed by atoms with Crippen molar-refractivity contribution < 1.29 is 4.79 Å². The summed E-state index contributed by atoms with van der Waals surface area (Å²) in [6, 6.07) is 10.5. The summed E-state index contributed by atoms with van der Waals surface area (Å²) in [6.45, 7) is 5.67. The summed E-state index contributed by atoms with van der Waals surface area (Å²) in [7, 11) is 1.87. The second kappa shape index (κ2) is 9.82. The lowest BCUT2D eigenvalue weighted by Crippen LogP contribution is -2.35. The topological polar surface area (TPSA) is 32.3 Å². The number of rotatable bonds is 7. The molecule has 3 nitrogen and oxygen atoms in total. The quantitative estimate of drug-likeness (QED) is 0.835. The molecule has 0 aliphatic heterocycles. The zero-order valence-electron chi connectivity index (χ0n) is 12.1. The number of nitrogens with zero attached hydrogens (tertiary/aromatic N) is 1. The highest BCUT2D eigenvalue weighted by atomic mass is 35.5. The molecule has 1 N–H and O–H groups in total. The second-order valence-corrected chi connectivity index (χ2v) is 4.37. The van der Waals surface area contributed by atoms with Gasteiger partial charge in [-0.1, -0.05) is 37.3 Å². The fourth-order valence-corrected chi connectivity index (χ4v) is 2.26. The number of amides is 1. The van der Waals surface area contributed by atoms with E-state index < -0.39 is 0 Å². The van der Waals surface area contributed by atoms with Crippen molar-refractivity contribution in [2.45, 2.75) is 32.7 Å². The van der Waals surface area contributed by atoms with Gasteiger partial charge in [0.05, 0.1) is 6.04 Å². The molecule has 1 unspecified atom stereocenters. The first-order chi connectivity index (χ1) is 8.74. The van der Waals surface area contributed by atoms with Crippen LogP contribution >= 0.6 is 12.4 Å². The van der Waals surface area contributed by atoms with Crippen molar-refractivity contribution in [3.8, 4) is 0 Å². The summed E-state index contributed by atoms with van der Waals surface area (Å²) in [5.74, 6) is 0.225. The number of hydrogen-bond acceptors (Lipinski definition) is 2. The van der Waals surface area contributed by atoms with E-state index in [-0.39, 0.29) is 24.4 Å². The van der Waals surface area contributed by atoms with Crippen molar-refractivity contribution in [2.24, 2.45) is 0 Å². The summed E-state index contributed by atoms with van der Waals surface area (Å²) in [5.41, 5.74) is 1.22. The van der Waals surface area contributed by atoms with Gasteiger partial charge in [-0.25, -0.2) is 0 Å². The standard InChI is InChI=1S/C15H24N2O.ClH/c1-4-14(13-9-7-6-8-10-13)17(5-2)15(18)11-12-16-3;/h6-10,14,16H,4-5,11-12H2,1-3H3;1H. The molecular weight excluding hydrogens is 260 g/mol. The maximum Gasteiger partial charge on any atom is 0.224 e. The van der Waals surface area contributed by atoms with Crippen LogP contribution in [0.5, 0.6) is 0 Å². The van der Waals surface area contributed by atoms with Crippen molar-refractivity contribution in [1.82, 2.24) is 10.2 Å². The fourth-order valence-electron chi connectivity index (χ4n) is 2.26. The summed E-state index contributed by atoms with van der Waals surface area (Å²) >= 11 is 0. The minimum Gasteiger partial charge on any atom is -0.336 e. The summed E-state index contributed by atoms with van der Waals surface area (Å²) < 4.78 is 0. The van der Waals surface area contributed by atoms with E-state index in [0.717, 1.165) is 19.5 Å².